The fraction of sp³-hybridized carbons (Fsp3) is 0.688. The summed E-state index contributed by atoms with van der Waals surface area (Å²) < 4.78 is 30.4. The molecule has 0 bridgehead atoms. The van der Waals surface area contributed by atoms with Crippen LogP contribution in [0.2, 0.25) is 0 Å². The highest BCUT2D eigenvalue weighted by molar-refractivity contribution is 5.97. The molecule has 7 heteroatoms. The highest BCUT2D eigenvalue weighted by Gasteiger charge is 2.27. The lowest BCUT2D eigenvalue weighted by Gasteiger charge is -2.32. The van der Waals surface area contributed by atoms with Gasteiger partial charge >= 0.3 is 0 Å². The number of hydrogen-bond acceptors (Lipinski definition) is 6. The number of aliphatic hydroxyl groups excluding tert-OH is 1. The molecule has 0 saturated heterocycles. The molecule has 1 saturated carbocycles. The van der Waals surface area contributed by atoms with Crippen molar-refractivity contribution in [3.8, 4) is 0 Å². The van der Waals surface area contributed by atoms with E-state index in [1.165, 1.54) is 13.1 Å². The van der Waals surface area contributed by atoms with Crippen LogP contribution < -0.4 is 16.4 Å². The Morgan fingerprint density at radius 1 is 1.57 bits per heavy atom. The maximum absolute atomic E-state index is 11.7. The van der Waals surface area contributed by atoms with E-state index in [-0.39, 0.29) is 29.3 Å². The predicted octanol–water partition coefficient (Wildman–Crippen LogP) is 1.75. The Kier molecular flexibility index (Phi) is 3.65. The molecule has 0 aliphatic heterocycles. The van der Waals surface area contributed by atoms with Crippen LogP contribution in [0, 0.1) is 5.92 Å². The number of carbonyl (C=O) groups excluding carboxylic acids is 1. The molecule has 5 N–H and O–H groups in total. The zero-order chi connectivity index (χ0) is 20.4. The first-order chi connectivity index (χ1) is 12.5. The Labute approximate surface area is 142 Å². The van der Waals surface area contributed by atoms with E-state index in [9.17, 15) is 9.90 Å². The second kappa shape index (κ2) is 6.70. The molecule has 1 aromatic rings. The maximum Gasteiger partial charge on any atom is 0.254 e. The van der Waals surface area contributed by atoms with Crippen molar-refractivity contribution in [1.82, 2.24) is 9.97 Å². The quantitative estimate of drug-likeness (QED) is 0.671. The highest BCUT2D eigenvalue weighted by Crippen LogP contribution is 2.27. The van der Waals surface area contributed by atoms with Gasteiger partial charge in [0.15, 0.2) is 0 Å². The summed E-state index contributed by atoms with van der Waals surface area (Å²) >= 11 is 0. The van der Waals surface area contributed by atoms with E-state index in [0.29, 0.717) is 6.42 Å². The molecule has 1 amide bonds. The number of primary amides is 1. The lowest BCUT2D eigenvalue weighted by Crippen LogP contribution is -2.36. The van der Waals surface area contributed by atoms with Crippen molar-refractivity contribution in [2.45, 2.75) is 64.5 Å². The third kappa shape index (κ3) is 4.79. The molecule has 128 valence electrons. The minimum atomic E-state index is -2.45. The van der Waals surface area contributed by atoms with E-state index in [0.717, 1.165) is 12.8 Å². The molecule has 1 aliphatic carbocycles. The third-order valence-corrected chi connectivity index (χ3v) is 3.94. The molecule has 1 heterocycles. The lowest BCUT2D eigenvalue weighted by atomic mass is 9.85. The number of rotatable bonds is 4. The first kappa shape index (κ1) is 12.5. The van der Waals surface area contributed by atoms with Crippen LogP contribution in [-0.4, -0.2) is 38.7 Å². The van der Waals surface area contributed by atoms with Crippen molar-refractivity contribution in [1.29, 1.82) is 0 Å². The van der Waals surface area contributed by atoms with Crippen molar-refractivity contribution < 1.29 is 15.4 Å². The Hall–Kier alpha value is -1.89. The zero-order valence-corrected chi connectivity index (χ0v) is 13.5. The number of aliphatic hydroxyl groups is 1. The minimum Gasteiger partial charge on any atom is -0.393 e. The Morgan fingerprint density at radius 3 is 2.96 bits per heavy atom. The van der Waals surface area contributed by atoms with Gasteiger partial charge < -0.3 is 21.5 Å². The standard InChI is InChI=1S/C16H27N5O2/c1-9-5-6-10(7-12(9)22)19-14-11(13(17)23)8-18-15(20-14)21-16(2,3)4/h8-10,12,22H,5-7H2,1-4H3,(H2,17,23)(H2,18,19,20,21)/i2D,3D3. The van der Waals surface area contributed by atoms with E-state index in [1.54, 1.807) is 0 Å². The molecule has 0 radical (unpaired) electrons. The van der Waals surface area contributed by atoms with Crippen LogP contribution in [0.1, 0.15) is 62.7 Å². The van der Waals surface area contributed by atoms with Crippen LogP contribution in [0.3, 0.4) is 0 Å². The van der Waals surface area contributed by atoms with Crippen molar-refractivity contribution >= 4 is 17.7 Å². The second-order valence-corrected chi connectivity index (χ2v) is 6.48. The molecule has 4 atom stereocenters. The smallest absolute Gasteiger partial charge is 0.254 e. The number of carbonyl (C=O) groups is 1. The molecule has 1 aromatic heterocycles. The van der Waals surface area contributed by atoms with Crippen LogP contribution in [0.4, 0.5) is 11.8 Å². The fourth-order valence-corrected chi connectivity index (χ4v) is 2.60. The monoisotopic (exact) mass is 325 g/mol. The second-order valence-electron chi connectivity index (χ2n) is 6.48. The van der Waals surface area contributed by atoms with Crippen molar-refractivity contribution in [2.75, 3.05) is 10.6 Å². The number of nitrogens with two attached hydrogens (primary N) is 1. The molecule has 2 rings (SSSR count). The summed E-state index contributed by atoms with van der Waals surface area (Å²) in [5.74, 6) is -0.339. The Balaban J connectivity index is 2.27. The first-order valence-corrected chi connectivity index (χ1v) is 7.65. The molecule has 1 fully saturated rings. The summed E-state index contributed by atoms with van der Waals surface area (Å²) in [6, 6.07) is -0.0952. The molecule has 7 nitrogen and oxygen atoms in total. The van der Waals surface area contributed by atoms with Gasteiger partial charge in [-0.15, -0.1) is 0 Å². The number of hydrogen-bond donors (Lipinski definition) is 4. The largest absolute Gasteiger partial charge is 0.393 e. The Bertz CT molecular complexity index is 687. The number of anilines is 2. The maximum atomic E-state index is 11.7. The molecule has 1 aliphatic rings. The van der Waals surface area contributed by atoms with E-state index in [2.05, 4.69) is 20.6 Å². The van der Waals surface area contributed by atoms with Gasteiger partial charge in [-0.1, -0.05) is 6.92 Å². The van der Waals surface area contributed by atoms with Gasteiger partial charge in [-0.2, -0.15) is 4.98 Å². The molecule has 4 unspecified atom stereocenters. The SMILES string of the molecule is [2H]CC(C)(Nc1ncc(C(N)=O)c(NC2CCC(C)C(O)C2)n1)C([2H])([2H])[2H]. The van der Waals surface area contributed by atoms with Gasteiger partial charge in [0.1, 0.15) is 5.82 Å². The minimum absolute atomic E-state index is 0.0156. The van der Waals surface area contributed by atoms with E-state index >= 15 is 0 Å². The fourth-order valence-electron chi connectivity index (χ4n) is 2.60. The van der Waals surface area contributed by atoms with Gasteiger partial charge in [-0.3, -0.25) is 4.79 Å². The number of nitrogens with one attached hydrogen (secondary N) is 2. The average Bonchev–Trinajstić information content (AvgIpc) is 2.57. The summed E-state index contributed by atoms with van der Waals surface area (Å²) in [4.78, 5) is 19.9. The van der Waals surface area contributed by atoms with Crippen LogP contribution in [0.25, 0.3) is 0 Å². The van der Waals surface area contributed by atoms with Crippen LogP contribution in [0.15, 0.2) is 6.20 Å². The van der Waals surface area contributed by atoms with Gasteiger partial charge in [0.25, 0.3) is 5.91 Å². The lowest BCUT2D eigenvalue weighted by molar-refractivity contribution is 0.0739. The van der Waals surface area contributed by atoms with Gasteiger partial charge in [0.2, 0.25) is 5.95 Å². The summed E-state index contributed by atoms with van der Waals surface area (Å²) in [6.07, 6.45) is 2.91. The summed E-state index contributed by atoms with van der Waals surface area (Å²) in [6.45, 7) is 0.515. The predicted molar refractivity (Wildman–Crippen MR) is 90.4 cm³/mol. The third-order valence-electron chi connectivity index (χ3n) is 3.94. The molecule has 0 aromatic carbocycles. The summed E-state index contributed by atoms with van der Waals surface area (Å²) in [7, 11) is 0. The van der Waals surface area contributed by atoms with E-state index in [4.69, 9.17) is 11.2 Å². The number of nitrogens with zero attached hydrogens (tertiary/aromatic N) is 2. The normalized spacial score (nSPS) is 30.1. The van der Waals surface area contributed by atoms with E-state index in [1.807, 2.05) is 6.92 Å². The summed E-state index contributed by atoms with van der Waals surface area (Å²) in [5.41, 5.74) is 3.93. The van der Waals surface area contributed by atoms with Gasteiger partial charge in [0, 0.05) is 23.3 Å². The van der Waals surface area contributed by atoms with Crippen molar-refractivity contribution in [2.24, 2.45) is 11.7 Å². The highest BCUT2D eigenvalue weighted by atomic mass is 16.3. The zero-order valence-electron chi connectivity index (χ0n) is 17.5. The van der Waals surface area contributed by atoms with Crippen molar-refractivity contribution in [3.63, 3.8) is 0 Å². The average molecular weight is 325 g/mol. The molecular weight excluding hydrogens is 294 g/mol. The topological polar surface area (TPSA) is 113 Å². The first-order valence-electron chi connectivity index (χ1n) is 9.86. The number of aromatic nitrogens is 2. The van der Waals surface area contributed by atoms with Crippen LogP contribution >= 0.6 is 0 Å². The number of amides is 1. The van der Waals surface area contributed by atoms with Gasteiger partial charge in [-0.05, 0) is 45.9 Å². The van der Waals surface area contributed by atoms with Gasteiger partial charge in [0.05, 0.1) is 11.7 Å². The molecule has 23 heavy (non-hydrogen) atoms. The van der Waals surface area contributed by atoms with Gasteiger partial charge in [-0.25, -0.2) is 4.98 Å². The van der Waals surface area contributed by atoms with Crippen LogP contribution in [0.5, 0.6) is 0 Å². The van der Waals surface area contributed by atoms with Crippen molar-refractivity contribution in [3.05, 3.63) is 11.8 Å². The van der Waals surface area contributed by atoms with Crippen LogP contribution in [-0.2, 0) is 0 Å². The Morgan fingerprint density at radius 2 is 2.35 bits per heavy atom. The molecular formula is C16H27N5O2. The summed E-state index contributed by atoms with van der Waals surface area (Å²) in [5, 5.41) is 15.9. The molecule has 0 spiro atoms. The van der Waals surface area contributed by atoms with E-state index < -0.39 is 31.3 Å².